The van der Waals surface area contributed by atoms with Crippen molar-refractivity contribution in [1.29, 1.82) is 0 Å². The molecule has 0 fully saturated rings. The molecule has 2 rings (SSSR count). The Labute approximate surface area is 108 Å². The van der Waals surface area contributed by atoms with Crippen LogP contribution in [0.1, 0.15) is 27.2 Å². The number of nitrogens with zero attached hydrogens (tertiary/aromatic N) is 1. The Morgan fingerprint density at radius 1 is 1.44 bits per heavy atom. The van der Waals surface area contributed by atoms with Crippen LogP contribution < -0.4 is 5.32 Å². The molecule has 1 aromatic heterocycles. The number of methoxy groups -OCH3 is 1. The fourth-order valence-corrected chi connectivity index (χ4v) is 2.23. The number of aromatic nitrogens is 2. The van der Waals surface area contributed by atoms with E-state index in [4.69, 9.17) is 4.74 Å². The van der Waals surface area contributed by atoms with Gasteiger partial charge in [0.2, 0.25) is 0 Å². The van der Waals surface area contributed by atoms with E-state index in [2.05, 4.69) is 42.4 Å². The van der Waals surface area contributed by atoms with Crippen molar-refractivity contribution >= 4 is 16.6 Å². The van der Waals surface area contributed by atoms with Crippen LogP contribution in [0.15, 0.2) is 24.4 Å². The van der Waals surface area contributed by atoms with Crippen molar-refractivity contribution in [1.82, 2.24) is 10.2 Å². The smallest absolute Gasteiger partial charge is 0.0671 e. The van der Waals surface area contributed by atoms with Gasteiger partial charge in [-0.05, 0) is 39.3 Å². The van der Waals surface area contributed by atoms with Crippen molar-refractivity contribution in [3.05, 3.63) is 24.4 Å². The molecule has 4 nitrogen and oxygen atoms in total. The highest BCUT2D eigenvalue weighted by Gasteiger charge is 2.20. The summed E-state index contributed by atoms with van der Waals surface area (Å²) in [4.78, 5) is 0. The van der Waals surface area contributed by atoms with Crippen molar-refractivity contribution in [3.8, 4) is 0 Å². The Bertz CT molecular complexity index is 518. The van der Waals surface area contributed by atoms with Crippen molar-refractivity contribution in [2.24, 2.45) is 0 Å². The molecule has 0 aliphatic carbocycles. The van der Waals surface area contributed by atoms with Gasteiger partial charge in [-0.15, -0.1) is 0 Å². The molecule has 1 heterocycles. The predicted molar refractivity (Wildman–Crippen MR) is 74.9 cm³/mol. The van der Waals surface area contributed by atoms with Gasteiger partial charge in [0.05, 0.1) is 17.3 Å². The third-order valence-electron chi connectivity index (χ3n) is 3.24. The van der Waals surface area contributed by atoms with Gasteiger partial charge < -0.3 is 10.1 Å². The van der Waals surface area contributed by atoms with Crippen LogP contribution in [0.3, 0.4) is 0 Å². The number of hydrogen-bond acceptors (Lipinski definition) is 3. The number of fused-ring (bicyclic) bond motifs is 1. The highest BCUT2D eigenvalue weighted by Crippen LogP contribution is 2.24. The zero-order valence-electron chi connectivity index (χ0n) is 11.4. The first-order valence-corrected chi connectivity index (χ1v) is 6.25. The third kappa shape index (κ3) is 2.82. The van der Waals surface area contributed by atoms with E-state index in [-0.39, 0.29) is 5.60 Å². The third-order valence-corrected chi connectivity index (χ3v) is 3.24. The lowest BCUT2D eigenvalue weighted by molar-refractivity contribution is 0.0128. The van der Waals surface area contributed by atoms with Crippen molar-refractivity contribution in [2.75, 3.05) is 12.4 Å². The van der Waals surface area contributed by atoms with E-state index in [1.54, 1.807) is 7.11 Å². The van der Waals surface area contributed by atoms with E-state index in [9.17, 15) is 0 Å². The Morgan fingerprint density at radius 3 is 2.94 bits per heavy atom. The quantitative estimate of drug-likeness (QED) is 0.853. The topological polar surface area (TPSA) is 49.9 Å². The summed E-state index contributed by atoms with van der Waals surface area (Å²) in [6.07, 6.45) is 2.80. The number of nitrogens with one attached hydrogen (secondary N) is 2. The first-order valence-electron chi connectivity index (χ1n) is 6.25. The van der Waals surface area contributed by atoms with Crippen LogP contribution in [0.25, 0.3) is 10.9 Å². The highest BCUT2D eigenvalue weighted by molar-refractivity contribution is 5.90. The van der Waals surface area contributed by atoms with E-state index >= 15 is 0 Å². The summed E-state index contributed by atoms with van der Waals surface area (Å²) in [5.74, 6) is 0. The van der Waals surface area contributed by atoms with Crippen molar-refractivity contribution < 1.29 is 4.74 Å². The molecule has 0 saturated heterocycles. The second kappa shape index (κ2) is 4.98. The van der Waals surface area contributed by atoms with Gasteiger partial charge in [0.15, 0.2) is 0 Å². The molecule has 0 spiro atoms. The number of H-pyrrole nitrogens is 1. The SMILES string of the molecule is COC(C)(C)CC(C)Nc1cccc2[nH]ncc12. The fourth-order valence-electron chi connectivity index (χ4n) is 2.23. The molecule has 1 atom stereocenters. The molecule has 2 N–H and O–H groups in total. The number of benzene rings is 1. The van der Waals surface area contributed by atoms with Gasteiger partial charge in [0.25, 0.3) is 0 Å². The minimum absolute atomic E-state index is 0.114. The Kier molecular flexibility index (Phi) is 3.57. The van der Waals surface area contributed by atoms with Crippen molar-refractivity contribution in [2.45, 2.75) is 38.8 Å². The maximum Gasteiger partial charge on any atom is 0.0671 e. The largest absolute Gasteiger partial charge is 0.382 e. The normalized spacial score (nSPS) is 13.8. The maximum atomic E-state index is 5.46. The summed E-state index contributed by atoms with van der Waals surface area (Å²) >= 11 is 0. The molecule has 0 amide bonds. The molecule has 98 valence electrons. The lowest BCUT2D eigenvalue weighted by Crippen LogP contribution is -2.31. The summed E-state index contributed by atoms with van der Waals surface area (Å²) in [5, 5.41) is 11.7. The molecule has 1 unspecified atom stereocenters. The molecule has 0 radical (unpaired) electrons. The van der Waals surface area contributed by atoms with Crippen LogP contribution in [0, 0.1) is 0 Å². The molecule has 0 aliphatic heterocycles. The van der Waals surface area contributed by atoms with E-state index in [0.29, 0.717) is 6.04 Å². The minimum atomic E-state index is -0.114. The van der Waals surface area contributed by atoms with Crippen LogP contribution in [0.4, 0.5) is 5.69 Å². The van der Waals surface area contributed by atoms with Crippen LogP contribution in [0.2, 0.25) is 0 Å². The molecule has 0 bridgehead atoms. The Morgan fingerprint density at radius 2 is 2.22 bits per heavy atom. The molecule has 0 saturated carbocycles. The number of anilines is 1. The van der Waals surface area contributed by atoms with Crippen LogP contribution in [0.5, 0.6) is 0 Å². The van der Waals surface area contributed by atoms with E-state index < -0.39 is 0 Å². The summed E-state index contributed by atoms with van der Waals surface area (Å²) in [5.41, 5.74) is 2.05. The maximum absolute atomic E-state index is 5.46. The number of ether oxygens (including phenoxy) is 1. The monoisotopic (exact) mass is 247 g/mol. The average Bonchev–Trinajstić information content (AvgIpc) is 2.77. The van der Waals surface area contributed by atoms with Gasteiger partial charge in [0.1, 0.15) is 0 Å². The molecule has 4 heteroatoms. The first kappa shape index (κ1) is 12.9. The zero-order chi connectivity index (χ0) is 13.2. The molecule has 18 heavy (non-hydrogen) atoms. The van der Waals surface area contributed by atoms with E-state index in [1.165, 1.54) is 0 Å². The minimum Gasteiger partial charge on any atom is -0.382 e. The lowest BCUT2D eigenvalue weighted by Gasteiger charge is -2.27. The van der Waals surface area contributed by atoms with Crippen LogP contribution in [-0.4, -0.2) is 29.0 Å². The van der Waals surface area contributed by atoms with Gasteiger partial charge in [0, 0.05) is 24.2 Å². The number of hydrogen-bond donors (Lipinski definition) is 2. The van der Waals surface area contributed by atoms with E-state index in [1.807, 2.05) is 18.3 Å². The Balaban J connectivity index is 2.11. The molecule has 1 aromatic carbocycles. The second-order valence-corrected chi connectivity index (χ2v) is 5.35. The number of rotatable bonds is 5. The molecular weight excluding hydrogens is 226 g/mol. The molecule has 0 aliphatic rings. The van der Waals surface area contributed by atoms with E-state index in [0.717, 1.165) is 23.0 Å². The van der Waals surface area contributed by atoms with Gasteiger partial charge in [-0.2, -0.15) is 5.10 Å². The molecular formula is C14H21N3O. The Hall–Kier alpha value is -1.55. The highest BCUT2D eigenvalue weighted by atomic mass is 16.5. The average molecular weight is 247 g/mol. The standard InChI is InChI=1S/C14H21N3O/c1-10(8-14(2,3)18-4)16-12-6-5-7-13-11(12)9-15-17-13/h5-7,9-10,16H,8H2,1-4H3,(H,15,17). The van der Waals surface area contributed by atoms with Crippen molar-refractivity contribution in [3.63, 3.8) is 0 Å². The van der Waals surface area contributed by atoms with Gasteiger partial charge in [-0.25, -0.2) is 0 Å². The summed E-state index contributed by atoms with van der Waals surface area (Å²) in [7, 11) is 1.75. The fraction of sp³-hybridized carbons (Fsp3) is 0.500. The van der Waals surface area contributed by atoms with Crippen LogP contribution >= 0.6 is 0 Å². The molecule has 2 aromatic rings. The number of aromatic amines is 1. The summed E-state index contributed by atoms with van der Waals surface area (Å²) < 4.78 is 5.46. The lowest BCUT2D eigenvalue weighted by atomic mass is 9.99. The van der Waals surface area contributed by atoms with Crippen LogP contribution in [-0.2, 0) is 4.74 Å². The van der Waals surface area contributed by atoms with Gasteiger partial charge >= 0.3 is 0 Å². The predicted octanol–water partition coefficient (Wildman–Crippen LogP) is 3.18. The van der Waals surface area contributed by atoms with Gasteiger partial charge in [-0.3, -0.25) is 5.10 Å². The summed E-state index contributed by atoms with van der Waals surface area (Å²) in [6.45, 7) is 6.37. The van der Waals surface area contributed by atoms with Gasteiger partial charge in [-0.1, -0.05) is 6.07 Å². The first-order chi connectivity index (χ1) is 8.52. The second-order valence-electron chi connectivity index (χ2n) is 5.35. The zero-order valence-corrected chi connectivity index (χ0v) is 11.4. The summed E-state index contributed by atoms with van der Waals surface area (Å²) in [6, 6.07) is 6.46.